The average Bonchev–Trinajstić information content (AvgIpc) is 2.60. The molecule has 0 aromatic rings. The van der Waals surface area contributed by atoms with E-state index in [0.717, 1.165) is 12.5 Å². The van der Waals surface area contributed by atoms with Gasteiger partial charge in [-0.3, -0.25) is 4.79 Å². The summed E-state index contributed by atoms with van der Waals surface area (Å²) < 4.78 is 9.33. The van der Waals surface area contributed by atoms with Crippen LogP contribution in [0, 0.1) is 0 Å². The molecule has 184 valence electrons. The van der Waals surface area contributed by atoms with Crippen LogP contribution in [0.25, 0.3) is 0 Å². The third kappa shape index (κ3) is 26.4. The van der Waals surface area contributed by atoms with Gasteiger partial charge in [0.15, 0.2) is 15.2 Å². The molecule has 1 atom stereocenters. The zero-order chi connectivity index (χ0) is 24.5. The number of nitrogens with one attached hydrogen (secondary N) is 2. The Bertz CT molecular complexity index is 529. The molecule has 0 aromatic heterocycles. The molecule has 0 saturated carbocycles. The van der Waals surface area contributed by atoms with Gasteiger partial charge in [-0.05, 0) is 31.5 Å². The first kappa shape index (κ1) is 31.7. The van der Waals surface area contributed by atoms with Crippen LogP contribution in [0.5, 0.6) is 0 Å². The molecule has 0 saturated heterocycles. The molecule has 0 heterocycles. The van der Waals surface area contributed by atoms with Crippen LogP contribution in [-0.2, 0) is 18.4 Å². The largest absolute Gasteiger partial charge is 0.416 e. The molecule has 0 aliphatic carbocycles. The van der Waals surface area contributed by atoms with Gasteiger partial charge in [0.2, 0.25) is 5.91 Å². The Morgan fingerprint density at radius 3 is 2.13 bits per heavy atom. The average molecular weight is 491 g/mol. The van der Waals surface area contributed by atoms with E-state index in [9.17, 15) is 14.4 Å². The van der Waals surface area contributed by atoms with E-state index in [4.69, 9.17) is 46.5 Å². The number of amides is 3. The van der Waals surface area contributed by atoms with Gasteiger partial charge in [0, 0.05) is 13.5 Å². The van der Waals surface area contributed by atoms with Crippen molar-refractivity contribution in [2.45, 2.75) is 44.0 Å². The Labute approximate surface area is 183 Å². The standard InChI is InChI=1S/C8H18N2O6Si.C6H16N2O5Si/c1-6(11)10-5-7(12)17(4-2-3-9)16-8(13,14)15;7-5(9)8-2-1-3-14-13-4-6(10,11)12/h13-15,17H,2-5,9H2,1H3,(H,10,11);10-12H,1-4,14H2,(H3,7,8,9). The molecular weight excluding hydrogens is 456 g/mol. The summed E-state index contributed by atoms with van der Waals surface area (Å²) in [7, 11) is -3.60. The lowest BCUT2D eigenvalue weighted by molar-refractivity contribution is -0.422. The highest BCUT2D eigenvalue weighted by Crippen LogP contribution is 2.07. The lowest BCUT2D eigenvalue weighted by Gasteiger charge is -2.21. The fourth-order valence-corrected chi connectivity index (χ4v) is 4.82. The van der Waals surface area contributed by atoms with Gasteiger partial charge >= 0.3 is 12.2 Å². The second-order valence-electron chi connectivity index (χ2n) is 6.31. The third-order valence-corrected chi connectivity index (χ3v) is 6.89. The minimum absolute atomic E-state index is 0.248. The number of aliphatic hydroxyl groups is 6. The number of nitrogens with two attached hydrogens (primary N) is 2. The summed E-state index contributed by atoms with van der Waals surface area (Å²) in [5, 5.41) is 55.5. The van der Waals surface area contributed by atoms with E-state index >= 15 is 0 Å². The topological polar surface area (TPSA) is 267 Å². The van der Waals surface area contributed by atoms with E-state index in [1.165, 1.54) is 6.92 Å². The smallest absolute Gasteiger partial charge is 0.395 e. The zero-order valence-electron chi connectivity index (χ0n) is 17.3. The van der Waals surface area contributed by atoms with Gasteiger partial charge in [0.1, 0.15) is 6.61 Å². The molecule has 17 heteroatoms. The lowest BCUT2D eigenvalue weighted by atomic mass is 10.5. The normalized spacial score (nSPS) is 12.8. The highest BCUT2D eigenvalue weighted by Gasteiger charge is 2.31. The van der Waals surface area contributed by atoms with Crippen molar-refractivity contribution >= 4 is 36.1 Å². The molecule has 0 fully saturated rings. The van der Waals surface area contributed by atoms with Crippen LogP contribution in [-0.4, -0.2) is 105 Å². The van der Waals surface area contributed by atoms with E-state index in [0.29, 0.717) is 19.5 Å². The predicted molar refractivity (Wildman–Crippen MR) is 111 cm³/mol. The maximum absolute atomic E-state index is 11.6. The van der Waals surface area contributed by atoms with E-state index in [2.05, 4.69) is 15.1 Å². The molecule has 1 unspecified atom stereocenters. The van der Waals surface area contributed by atoms with Crippen molar-refractivity contribution in [3.8, 4) is 0 Å². The van der Waals surface area contributed by atoms with Crippen LogP contribution in [0.3, 0.4) is 0 Å². The van der Waals surface area contributed by atoms with Gasteiger partial charge in [0.05, 0.1) is 6.54 Å². The number of carbonyl (C=O) groups excluding carboxylic acids is 3. The first-order valence-corrected chi connectivity index (χ1v) is 12.7. The molecule has 0 aliphatic heterocycles. The molecule has 12 N–H and O–H groups in total. The summed E-state index contributed by atoms with van der Waals surface area (Å²) in [5.41, 5.74) is 10.1. The molecule has 15 nitrogen and oxygen atoms in total. The number of urea groups is 1. The third-order valence-electron chi connectivity index (χ3n) is 3.15. The summed E-state index contributed by atoms with van der Waals surface area (Å²) in [5.74, 6) is -3.12. The van der Waals surface area contributed by atoms with Crippen LogP contribution in [0.1, 0.15) is 19.8 Å². The van der Waals surface area contributed by atoms with E-state index in [1.54, 1.807) is 0 Å². The quantitative estimate of drug-likeness (QED) is 0.0584. The summed E-state index contributed by atoms with van der Waals surface area (Å²) in [6.07, 6.45) is -2.14. The van der Waals surface area contributed by atoms with E-state index in [-0.39, 0.29) is 18.5 Å². The Morgan fingerprint density at radius 1 is 1.06 bits per heavy atom. The summed E-state index contributed by atoms with van der Waals surface area (Å²) in [6, 6.07) is 0.446. The van der Waals surface area contributed by atoms with Crippen LogP contribution in [0.15, 0.2) is 0 Å². The van der Waals surface area contributed by atoms with Crippen molar-refractivity contribution in [3.05, 3.63) is 0 Å². The molecule has 31 heavy (non-hydrogen) atoms. The SMILES string of the molecule is CC(=O)NCC(=O)[SiH](CCCN)OC(O)(O)O.NC(=O)NCCC[SiH2]OCC(O)(O)O. The Morgan fingerprint density at radius 2 is 1.68 bits per heavy atom. The first-order valence-electron chi connectivity index (χ1n) is 9.28. The predicted octanol–water partition coefficient (Wildman–Crippen LogP) is -5.90. The van der Waals surface area contributed by atoms with E-state index in [1.807, 2.05) is 0 Å². The van der Waals surface area contributed by atoms with Gasteiger partial charge in [-0.25, -0.2) is 4.79 Å². The van der Waals surface area contributed by atoms with Gasteiger partial charge < -0.3 is 66.4 Å². The summed E-state index contributed by atoms with van der Waals surface area (Å²) in [4.78, 5) is 32.4. The first-order chi connectivity index (χ1) is 14.2. The van der Waals surface area contributed by atoms with Crippen molar-refractivity contribution < 1.29 is 53.9 Å². The fraction of sp³-hybridized carbons (Fsp3) is 0.786. The Kier molecular flexibility index (Phi) is 17.5. The number of hydrogen-bond donors (Lipinski definition) is 10. The molecule has 0 bridgehead atoms. The highest BCUT2D eigenvalue weighted by molar-refractivity contribution is 6.85. The van der Waals surface area contributed by atoms with Crippen molar-refractivity contribution in [2.75, 3.05) is 26.2 Å². The Balaban J connectivity index is 0. The van der Waals surface area contributed by atoms with Crippen LogP contribution in [0.2, 0.25) is 12.1 Å². The van der Waals surface area contributed by atoms with Crippen molar-refractivity contribution in [1.82, 2.24) is 10.6 Å². The molecule has 0 rings (SSSR count). The van der Waals surface area contributed by atoms with Crippen molar-refractivity contribution in [3.63, 3.8) is 0 Å². The Hall–Kier alpha value is -1.52. The molecule has 0 aromatic carbocycles. The van der Waals surface area contributed by atoms with Crippen LogP contribution in [0.4, 0.5) is 4.79 Å². The minimum atomic E-state index is -3.32. The fourth-order valence-electron chi connectivity index (χ4n) is 1.85. The number of hydrogen-bond acceptors (Lipinski definition) is 12. The number of rotatable bonds is 15. The molecular formula is C14H34N4O11Si2. The van der Waals surface area contributed by atoms with Crippen LogP contribution >= 0.6 is 0 Å². The molecule has 0 spiro atoms. The molecule has 0 aliphatic rings. The maximum Gasteiger partial charge on any atom is 0.395 e. The number of carbonyl (C=O) groups is 3. The summed E-state index contributed by atoms with van der Waals surface area (Å²) in [6.45, 7) is 1.29. The molecule has 3 amide bonds. The zero-order valence-corrected chi connectivity index (χ0v) is 19.9. The van der Waals surface area contributed by atoms with Gasteiger partial charge in [-0.1, -0.05) is 0 Å². The highest BCUT2D eigenvalue weighted by atomic mass is 28.3. The van der Waals surface area contributed by atoms with E-state index < -0.39 is 49.0 Å². The number of primary amides is 1. The van der Waals surface area contributed by atoms with Crippen LogP contribution < -0.4 is 22.1 Å². The molecule has 0 radical (unpaired) electrons. The van der Waals surface area contributed by atoms with Gasteiger partial charge in [-0.2, -0.15) is 0 Å². The van der Waals surface area contributed by atoms with Gasteiger partial charge in [0.25, 0.3) is 15.0 Å². The summed E-state index contributed by atoms with van der Waals surface area (Å²) >= 11 is 0. The second kappa shape index (κ2) is 17.1. The van der Waals surface area contributed by atoms with Gasteiger partial charge in [-0.15, -0.1) is 0 Å². The van der Waals surface area contributed by atoms with Crippen molar-refractivity contribution in [2.24, 2.45) is 11.5 Å². The maximum atomic E-state index is 11.6. The second-order valence-corrected chi connectivity index (χ2v) is 10.3. The monoisotopic (exact) mass is 490 g/mol. The lowest BCUT2D eigenvalue weighted by Crippen LogP contribution is -2.46. The minimum Gasteiger partial charge on any atom is -0.416 e. The van der Waals surface area contributed by atoms with Crippen molar-refractivity contribution in [1.29, 1.82) is 0 Å².